The van der Waals surface area contributed by atoms with Crippen LogP contribution < -0.4 is 4.90 Å². The predicted octanol–water partition coefficient (Wildman–Crippen LogP) is 4.97. The maximum Gasteiger partial charge on any atom is 0.433 e. The van der Waals surface area contributed by atoms with E-state index >= 15 is 0 Å². The molecule has 156 valence electrons. The van der Waals surface area contributed by atoms with Gasteiger partial charge in [0.05, 0.1) is 0 Å². The largest absolute Gasteiger partial charge is 0.433 e. The van der Waals surface area contributed by atoms with Gasteiger partial charge in [-0.2, -0.15) is 18.2 Å². The smallest absolute Gasteiger partial charge is 0.341 e. The summed E-state index contributed by atoms with van der Waals surface area (Å²) in [4.78, 5) is 14.1. The van der Waals surface area contributed by atoms with Crippen LogP contribution in [-0.4, -0.2) is 33.2 Å². The summed E-state index contributed by atoms with van der Waals surface area (Å²) in [6, 6.07) is 8.16. The van der Waals surface area contributed by atoms with E-state index in [1.165, 1.54) is 0 Å². The second kappa shape index (κ2) is 6.94. The second-order valence-corrected chi connectivity index (χ2v) is 8.25. The lowest BCUT2D eigenvalue weighted by Crippen LogP contribution is -2.36. The molecule has 1 saturated carbocycles. The lowest BCUT2D eigenvalue weighted by Gasteiger charge is -2.32. The summed E-state index contributed by atoms with van der Waals surface area (Å²) in [7, 11) is 0. The van der Waals surface area contributed by atoms with Gasteiger partial charge in [0.15, 0.2) is 0 Å². The zero-order valence-corrected chi connectivity index (χ0v) is 16.5. The van der Waals surface area contributed by atoms with E-state index in [4.69, 9.17) is 16.1 Å². The first-order valence-corrected chi connectivity index (χ1v) is 9.97. The molecule has 2 aliphatic rings. The van der Waals surface area contributed by atoms with Crippen LogP contribution in [0.15, 0.2) is 41.1 Å². The number of piperidine rings is 1. The molecule has 1 atom stereocenters. The van der Waals surface area contributed by atoms with Crippen molar-refractivity contribution in [2.24, 2.45) is 5.41 Å². The van der Waals surface area contributed by atoms with Crippen LogP contribution in [0.1, 0.15) is 36.8 Å². The topological polar surface area (TPSA) is 67.9 Å². The first-order valence-electron chi connectivity index (χ1n) is 9.59. The summed E-state index contributed by atoms with van der Waals surface area (Å²) >= 11 is 6.03. The fourth-order valence-corrected chi connectivity index (χ4v) is 4.37. The maximum absolute atomic E-state index is 12.9. The minimum atomic E-state index is -4.48. The number of benzene rings is 1. The summed E-state index contributed by atoms with van der Waals surface area (Å²) in [6.07, 6.45) is -0.764. The van der Waals surface area contributed by atoms with Gasteiger partial charge in [0.25, 0.3) is 0 Å². The Morgan fingerprint density at radius 3 is 2.67 bits per heavy atom. The summed E-state index contributed by atoms with van der Waals surface area (Å²) in [5, 5.41) is 4.68. The van der Waals surface area contributed by atoms with Crippen molar-refractivity contribution >= 4 is 17.5 Å². The third-order valence-corrected chi connectivity index (χ3v) is 6.22. The van der Waals surface area contributed by atoms with Crippen molar-refractivity contribution in [3.05, 3.63) is 53.1 Å². The molecule has 3 aromatic rings. The van der Waals surface area contributed by atoms with Crippen molar-refractivity contribution < 1.29 is 17.7 Å². The minimum absolute atomic E-state index is 0.0519. The molecule has 0 N–H and O–H groups in total. The summed E-state index contributed by atoms with van der Waals surface area (Å²) in [6.45, 7) is 1.18. The Bertz CT molecular complexity index is 1080. The molecule has 0 amide bonds. The number of aromatic nitrogens is 4. The zero-order valence-electron chi connectivity index (χ0n) is 15.7. The van der Waals surface area contributed by atoms with Gasteiger partial charge in [-0.05, 0) is 42.9 Å². The quantitative estimate of drug-likeness (QED) is 0.578. The zero-order chi connectivity index (χ0) is 20.9. The molecule has 0 radical (unpaired) electrons. The summed E-state index contributed by atoms with van der Waals surface area (Å²) < 4.78 is 44.3. The minimum Gasteiger partial charge on any atom is -0.341 e. The SMILES string of the molecule is FC(F)(F)c1ccnc(N2CCC3(CC2)C[C@H]3c2nc(-c3cccc(Cl)c3)no2)n1. The van der Waals surface area contributed by atoms with Crippen LogP contribution in [0.2, 0.25) is 5.02 Å². The van der Waals surface area contributed by atoms with E-state index in [1.807, 2.05) is 12.1 Å². The second-order valence-electron chi connectivity index (χ2n) is 7.81. The molecule has 3 heterocycles. The third kappa shape index (κ3) is 3.51. The molecule has 30 heavy (non-hydrogen) atoms. The van der Waals surface area contributed by atoms with Crippen molar-refractivity contribution in [3.63, 3.8) is 0 Å². The van der Waals surface area contributed by atoms with Crippen LogP contribution in [0.5, 0.6) is 0 Å². The van der Waals surface area contributed by atoms with Gasteiger partial charge in [0.2, 0.25) is 17.7 Å². The van der Waals surface area contributed by atoms with Crippen LogP contribution in [0.3, 0.4) is 0 Å². The van der Waals surface area contributed by atoms with Crippen molar-refractivity contribution in [1.29, 1.82) is 0 Å². The van der Waals surface area contributed by atoms with Crippen molar-refractivity contribution in [1.82, 2.24) is 20.1 Å². The number of nitrogens with zero attached hydrogens (tertiary/aromatic N) is 5. The highest BCUT2D eigenvalue weighted by atomic mass is 35.5. The maximum atomic E-state index is 12.9. The van der Waals surface area contributed by atoms with Gasteiger partial charge < -0.3 is 9.42 Å². The number of halogens is 4. The number of hydrogen-bond donors (Lipinski definition) is 0. The Balaban J connectivity index is 1.26. The molecule has 10 heteroatoms. The highest BCUT2D eigenvalue weighted by Crippen LogP contribution is 2.64. The highest BCUT2D eigenvalue weighted by molar-refractivity contribution is 6.30. The molecular weight excluding hydrogens is 419 g/mol. The molecule has 2 fully saturated rings. The van der Waals surface area contributed by atoms with Crippen LogP contribution in [-0.2, 0) is 6.18 Å². The molecule has 0 unspecified atom stereocenters. The Hall–Kier alpha value is -2.68. The molecule has 1 spiro atoms. The molecule has 1 aliphatic heterocycles. The van der Waals surface area contributed by atoms with Gasteiger partial charge in [-0.25, -0.2) is 9.97 Å². The van der Waals surface area contributed by atoms with E-state index in [0.29, 0.717) is 29.8 Å². The monoisotopic (exact) mass is 435 g/mol. The molecule has 1 aromatic carbocycles. The third-order valence-electron chi connectivity index (χ3n) is 5.99. The standard InChI is InChI=1S/C20H17ClF3N5O/c21-13-3-1-2-12(10-13)16-27-17(30-28-16)14-11-19(14)5-8-29(9-6-19)18-25-7-4-15(26-18)20(22,23)24/h1-4,7,10,14H,5-6,8-9,11H2/t14-/m0/s1. The molecule has 1 saturated heterocycles. The molecule has 6 nitrogen and oxygen atoms in total. The lowest BCUT2D eigenvalue weighted by molar-refractivity contribution is -0.141. The van der Waals surface area contributed by atoms with Crippen LogP contribution in [0.25, 0.3) is 11.4 Å². The Labute approximate surface area is 175 Å². The summed E-state index contributed by atoms with van der Waals surface area (Å²) in [5.41, 5.74) is -0.0730. The van der Waals surface area contributed by atoms with Gasteiger partial charge >= 0.3 is 6.18 Å². The van der Waals surface area contributed by atoms with E-state index in [-0.39, 0.29) is 17.3 Å². The van der Waals surface area contributed by atoms with E-state index in [0.717, 1.165) is 37.1 Å². The molecule has 2 aromatic heterocycles. The normalized spacial score (nSPS) is 20.5. The average Bonchev–Trinajstić information content (AvgIpc) is 3.20. The van der Waals surface area contributed by atoms with Gasteiger partial charge in [-0.15, -0.1) is 0 Å². The van der Waals surface area contributed by atoms with Gasteiger partial charge in [0.1, 0.15) is 5.69 Å². The fourth-order valence-electron chi connectivity index (χ4n) is 4.18. The van der Waals surface area contributed by atoms with Crippen LogP contribution >= 0.6 is 11.6 Å². The Morgan fingerprint density at radius 2 is 1.93 bits per heavy atom. The van der Waals surface area contributed by atoms with Crippen molar-refractivity contribution in [2.45, 2.75) is 31.4 Å². The first-order chi connectivity index (χ1) is 14.3. The first kappa shape index (κ1) is 19.3. The van der Waals surface area contributed by atoms with Gasteiger partial charge in [-0.1, -0.05) is 28.9 Å². The van der Waals surface area contributed by atoms with Crippen molar-refractivity contribution in [2.75, 3.05) is 18.0 Å². The van der Waals surface area contributed by atoms with E-state index in [1.54, 1.807) is 17.0 Å². The predicted molar refractivity (Wildman–Crippen MR) is 103 cm³/mol. The van der Waals surface area contributed by atoms with Gasteiger partial charge in [-0.3, -0.25) is 0 Å². The van der Waals surface area contributed by atoms with E-state index < -0.39 is 11.9 Å². The Kier molecular flexibility index (Phi) is 4.46. The number of rotatable bonds is 3. The van der Waals surface area contributed by atoms with E-state index in [2.05, 4.69) is 20.1 Å². The van der Waals surface area contributed by atoms with Crippen LogP contribution in [0, 0.1) is 5.41 Å². The molecular formula is C20H17ClF3N5O. The lowest BCUT2D eigenvalue weighted by atomic mass is 9.91. The average molecular weight is 436 g/mol. The van der Waals surface area contributed by atoms with Crippen LogP contribution in [0.4, 0.5) is 19.1 Å². The molecule has 1 aliphatic carbocycles. The number of alkyl halides is 3. The summed E-state index contributed by atoms with van der Waals surface area (Å²) in [5.74, 6) is 1.40. The Morgan fingerprint density at radius 1 is 1.13 bits per heavy atom. The highest BCUT2D eigenvalue weighted by Gasteiger charge is 2.58. The van der Waals surface area contributed by atoms with Gasteiger partial charge in [0, 0.05) is 35.8 Å². The van der Waals surface area contributed by atoms with E-state index in [9.17, 15) is 13.2 Å². The molecule has 5 rings (SSSR count). The fraction of sp³-hybridized carbons (Fsp3) is 0.400. The number of hydrogen-bond acceptors (Lipinski definition) is 6. The number of anilines is 1. The van der Waals surface area contributed by atoms with Crippen molar-refractivity contribution in [3.8, 4) is 11.4 Å². The molecule has 0 bridgehead atoms.